The van der Waals surface area contributed by atoms with Gasteiger partial charge in [-0.1, -0.05) is 12.2 Å². The number of aromatic carboxylic acids is 1. The van der Waals surface area contributed by atoms with Gasteiger partial charge in [0.05, 0.1) is 0 Å². The van der Waals surface area contributed by atoms with Crippen LogP contribution in [0.4, 0.5) is 5.69 Å². The number of hydrogen-bond acceptors (Lipinski definition) is 3. The second kappa shape index (κ2) is 4.78. The maximum absolute atomic E-state index is 11.8. The fourth-order valence-electron chi connectivity index (χ4n) is 1.70. The summed E-state index contributed by atoms with van der Waals surface area (Å²) in [6.07, 6.45) is 6.79. The number of allylic oxidation sites excluding steroid dienone is 2. The molecule has 2 rings (SSSR count). The Bertz CT molecular complexity index is 474. The first-order chi connectivity index (χ1) is 8.16. The van der Waals surface area contributed by atoms with Crippen molar-refractivity contribution in [2.45, 2.75) is 12.8 Å². The second-order valence-electron chi connectivity index (χ2n) is 3.86. The Morgan fingerprint density at radius 3 is 2.71 bits per heavy atom. The largest absolute Gasteiger partial charge is 0.477 e. The first-order valence-corrected chi connectivity index (χ1v) is 5.32. The SMILES string of the molecule is O=C(O)c1cc(NC(=O)C2CC=CC2)ccn1. The first kappa shape index (κ1) is 11.3. The predicted octanol–water partition coefficient (Wildman–Crippen LogP) is 1.68. The molecule has 1 aliphatic rings. The molecule has 88 valence electrons. The van der Waals surface area contributed by atoms with Crippen molar-refractivity contribution >= 4 is 17.6 Å². The van der Waals surface area contributed by atoms with E-state index in [1.165, 1.54) is 12.3 Å². The number of nitrogens with zero attached hydrogens (tertiary/aromatic N) is 1. The molecule has 1 amide bonds. The van der Waals surface area contributed by atoms with Gasteiger partial charge in [-0.05, 0) is 25.0 Å². The number of aromatic nitrogens is 1. The summed E-state index contributed by atoms with van der Waals surface area (Å²) in [7, 11) is 0. The van der Waals surface area contributed by atoms with Gasteiger partial charge in [0, 0.05) is 17.8 Å². The minimum absolute atomic E-state index is 0.0450. The molecule has 0 atom stereocenters. The van der Waals surface area contributed by atoms with Crippen molar-refractivity contribution in [2.24, 2.45) is 5.92 Å². The Labute approximate surface area is 98.2 Å². The van der Waals surface area contributed by atoms with Crippen LogP contribution in [0.3, 0.4) is 0 Å². The molecule has 5 heteroatoms. The number of carbonyl (C=O) groups excluding carboxylic acids is 1. The lowest BCUT2D eigenvalue weighted by molar-refractivity contribution is -0.119. The molecule has 0 unspecified atom stereocenters. The van der Waals surface area contributed by atoms with Crippen LogP contribution in [0.5, 0.6) is 0 Å². The number of nitrogens with one attached hydrogen (secondary N) is 1. The third-order valence-corrected chi connectivity index (χ3v) is 2.63. The smallest absolute Gasteiger partial charge is 0.354 e. The van der Waals surface area contributed by atoms with Crippen LogP contribution in [0.2, 0.25) is 0 Å². The van der Waals surface area contributed by atoms with E-state index in [9.17, 15) is 9.59 Å². The van der Waals surface area contributed by atoms with Crippen molar-refractivity contribution in [2.75, 3.05) is 5.32 Å². The van der Waals surface area contributed by atoms with Gasteiger partial charge in [0.1, 0.15) is 5.69 Å². The summed E-state index contributed by atoms with van der Waals surface area (Å²) in [6, 6.07) is 2.93. The predicted molar refractivity (Wildman–Crippen MR) is 61.7 cm³/mol. The third kappa shape index (κ3) is 2.69. The number of amides is 1. The van der Waals surface area contributed by atoms with Crippen LogP contribution >= 0.6 is 0 Å². The van der Waals surface area contributed by atoms with E-state index in [1.807, 2.05) is 12.2 Å². The average molecular weight is 232 g/mol. The Morgan fingerprint density at radius 1 is 1.35 bits per heavy atom. The zero-order chi connectivity index (χ0) is 12.3. The Balaban J connectivity index is 2.05. The van der Waals surface area contributed by atoms with Crippen molar-refractivity contribution in [3.63, 3.8) is 0 Å². The fraction of sp³-hybridized carbons (Fsp3) is 0.250. The molecule has 0 radical (unpaired) electrons. The summed E-state index contributed by atoms with van der Waals surface area (Å²) in [5, 5.41) is 11.5. The lowest BCUT2D eigenvalue weighted by Crippen LogP contribution is -2.20. The molecule has 0 spiro atoms. The lowest BCUT2D eigenvalue weighted by atomic mass is 10.1. The van der Waals surface area contributed by atoms with Crippen molar-refractivity contribution in [3.8, 4) is 0 Å². The van der Waals surface area contributed by atoms with E-state index in [4.69, 9.17) is 5.11 Å². The molecule has 2 N–H and O–H groups in total. The minimum atomic E-state index is -1.11. The molecule has 0 bridgehead atoms. The summed E-state index contributed by atoms with van der Waals surface area (Å²) in [6.45, 7) is 0. The van der Waals surface area contributed by atoms with Crippen LogP contribution in [-0.4, -0.2) is 22.0 Å². The molecule has 1 heterocycles. The monoisotopic (exact) mass is 232 g/mol. The molecule has 0 aromatic carbocycles. The van der Waals surface area contributed by atoms with E-state index in [0.29, 0.717) is 5.69 Å². The lowest BCUT2D eigenvalue weighted by Gasteiger charge is -2.10. The van der Waals surface area contributed by atoms with E-state index in [0.717, 1.165) is 12.8 Å². The molecule has 1 aromatic heterocycles. The molecule has 0 saturated carbocycles. The van der Waals surface area contributed by atoms with Gasteiger partial charge in [-0.25, -0.2) is 9.78 Å². The topological polar surface area (TPSA) is 79.3 Å². The summed E-state index contributed by atoms with van der Waals surface area (Å²) >= 11 is 0. The van der Waals surface area contributed by atoms with Crippen LogP contribution in [0.1, 0.15) is 23.3 Å². The van der Waals surface area contributed by atoms with E-state index in [2.05, 4.69) is 10.3 Å². The van der Waals surface area contributed by atoms with Crippen LogP contribution in [0, 0.1) is 5.92 Å². The zero-order valence-corrected chi connectivity index (χ0v) is 9.09. The highest BCUT2D eigenvalue weighted by atomic mass is 16.4. The minimum Gasteiger partial charge on any atom is -0.477 e. The molecule has 0 fully saturated rings. The van der Waals surface area contributed by atoms with Gasteiger partial charge in [0.15, 0.2) is 0 Å². The van der Waals surface area contributed by atoms with Crippen LogP contribution in [-0.2, 0) is 4.79 Å². The van der Waals surface area contributed by atoms with Gasteiger partial charge in [0.2, 0.25) is 5.91 Å². The van der Waals surface area contributed by atoms with E-state index >= 15 is 0 Å². The molecule has 0 saturated heterocycles. The molecule has 1 aromatic rings. The normalized spacial score (nSPS) is 14.8. The third-order valence-electron chi connectivity index (χ3n) is 2.63. The van der Waals surface area contributed by atoms with Crippen LogP contribution < -0.4 is 5.32 Å². The zero-order valence-electron chi connectivity index (χ0n) is 9.09. The van der Waals surface area contributed by atoms with E-state index in [-0.39, 0.29) is 17.5 Å². The highest BCUT2D eigenvalue weighted by Crippen LogP contribution is 2.20. The highest BCUT2D eigenvalue weighted by molar-refractivity contribution is 5.94. The number of pyridine rings is 1. The van der Waals surface area contributed by atoms with Crippen molar-refractivity contribution in [1.29, 1.82) is 0 Å². The maximum Gasteiger partial charge on any atom is 0.354 e. The summed E-state index contributed by atoms with van der Waals surface area (Å²) in [4.78, 5) is 26.2. The first-order valence-electron chi connectivity index (χ1n) is 5.32. The standard InChI is InChI=1S/C12H12N2O3/c15-11(8-3-1-2-4-8)14-9-5-6-13-10(7-9)12(16)17/h1-2,5-8H,3-4H2,(H,16,17)(H,13,14,15). The van der Waals surface area contributed by atoms with Crippen molar-refractivity contribution in [1.82, 2.24) is 4.98 Å². The van der Waals surface area contributed by atoms with Gasteiger partial charge in [0.25, 0.3) is 0 Å². The maximum atomic E-state index is 11.8. The number of anilines is 1. The summed E-state index contributed by atoms with van der Waals surface area (Å²) in [5.41, 5.74) is 0.390. The molecule has 5 nitrogen and oxygen atoms in total. The number of rotatable bonds is 3. The molecule has 17 heavy (non-hydrogen) atoms. The Kier molecular flexibility index (Phi) is 3.18. The van der Waals surface area contributed by atoms with Gasteiger partial charge in [-0.2, -0.15) is 0 Å². The Morgan fingerprint density at radius 2 is 2.06 bits per heavy atom. The molecule has 1 aliphatic carbocycles. The number of carboxylic acid groups (broad SMARTS) is 1. The van der Waals surface area contributed by atoms with Crippen LogP contribution in [0.15, 0.2) is 30.5 Å². The second-order valence-corrected chi connectivity index (χ2v) is 3.86. The quantitative estimate of drug-likeness (QED) is 0.777. The fourth-order valence-corrected chi connectivity index (χ4v) is 1.70. The average Bonchev–Trinajstić information content (AvgIpc) is 2.82. The molecular weight excluding hydrogens is 220 g/mol. The summed E-state index contributed by atoms with van der Waals surface area (Å²) in [5.74, 6) is -1.24. The number of carbonyl (C=O) groups is 2. The van der Waals surface area contributed by atoms with Crippen molar-refractivity contribution < 1.29 is 14.7 Å². The number of carboxylic acids is 1. The molecule has 0 aliphatic heterocycles. The van der Waals surface area contributed by atoms with Gasteiger partial charge >= 0.3 is 5.97 Å². The summed E-state index contributed by atoms with van der Waals surface area (Å²) < 4.78 is 0. The Hall–Kier alpha value is -2.17. The van der Waals surface area contributed by atoms with Crippen molar-refractivity contribution in [3.05, 3.63) is 36.2 Å². The highest BCUT2D eigenvalue weighted by Gasteiger charge is 2.19. The van der Waals surface area contributed by atoms with E-state index in [1.54, 1.807) is 6.07 Å². The van der Waals surface area contributed by atoms with E-state index < -0.39 is 5.97 Å². The van der Waals surface area contributed by atoms with Gasteiger partial charge in [-0.3, -0.25) is 4.79 Å². The van der Waals surface area contributed by atoms with Gasteiger partial charge in [-0.15, -0.1) is 0 Å². The van der Waals surface area contributed by atoms with Crippen LogP contribution in [0.25, 0.3) is 0 Å². The number of hydrogen-bond donors (Lipinski definition) is 2. The van der Waals surface area contributed by atoms with Gasteiger partial charge < -0.3 is 10.4 Å². The molecular formula is C12H12N2O3.